The molecule has 0 aromatic carbocycles. The maximum Gasteiger partial charge on any atom is 0.307 e. The van der Waals surface area contributed by atoms with Crippen molar-refractivity contribution in [1.82, 2.24) is 4.72 Å². The van der Waals surface area contributed by atoms with Gasteiger partial charge in [0.1, 0.15) is 0 Å². The molecular formula is C7H15NO4S. The molecule has 0 fully saturated rings. The first kappa shape index (κ1) is 12.4. The molecule has 13 heavy (non-hydrogen) atoms. The number of rotatable bonds is 6. The van der Waals surface area contributed by atoms with Crippen LogP contribution in [-0.4, -0.2) is 31.8 Å². The van der Waals surface area contributed by atoms with Gasteiger partial charge >= 0.3 is 5.97 Å². The van der Waals surface area contributed by atoms with E-state index in [1.54, 1.807) is 6.92 Å². The molecule has 1 unspecified atom stereocenters. The minimum absolute atomic E-state index is 0.0247. The van der Waals surface area contributed by atoms with Crippen LogP contribution >= 0.6 is 0 Å². The summed E-state index contributed by atoms with van der Waals surface area (Å²) in [5.74, 6) is -1.63. The van der Waals surface area contributed by atoms with E-state index in [-0.39, 0.29) is 12.3 Å². The number of carboxylic acids is 1. The zero-order valence-corrected chi connectivity index (χ0v) is 8.60. The van der Waals surface area contributed by atoms with Crippen LogP contribution in [0.5, 0.6) is 0 Å². The van der Waals surface area contributed by atoms with Crippen LogP contribution < -0.4 is 4.72 Å². The highest BCUT2D eigenvalue weighted by atomic mass is 32.2. The standard InChI is InChI=1S/C7H15NO4S/c1-3-6(7(9)10)5-8-13(11,12)4-2/h6,8H,3-5H2,1-2H3,(H,9,10). The number of hydrogen-bond donors (Lipinski definition) is 2. The number of sulfonamides is 1. The van der Waals surface area contributed by atoms with E-state index in [1.807, 2.05) is 0 Å². The summed E-state index contributed by atoms with van der Waals surface area (Å²) in [6.45, 7) is 3.19. The van der Waals surface area contributed by atoms with Crippen molar-refractivity contribution in [3.8, 4) is 0 Å². The van der Waals surface area contributed by atoms with Crippen LogP contribution in [0.3, 0.4) is 0 Å². The second-order valence-corrected chi connectivity index (χ2v) is 4.79. The van der Waals surface area contributed by atoms with Crippen molar-refractivity contribution in [2.24, 2.45) is 5.92 Å². The fourth-order valence-electron chi connectivity index (χ4n) is 0.736. The maximum absolute atomic E-state index is 10.9. The molecule has 0 aromatic rings. The predicted molar refractivity (Wildman–Crippen MR) is 48.9 cm³/mol. The summed E-state index contributed by atoms with van der Waals surface area (Å²) in [4.78, 5) is 10.5. The van der Waals surface area contributed by atoms with Crippen molar-refractivity contribution in [1.29, 1.82) is 0 Å². The average molecular weight is 209 g/mol. The molecule has 0 saturated heterocycles. The van der Waals surface area contributed by atoms with Gasteiger partial charge in [-0.05, 0) is 13.3 Å². The van der Waals surface area contributed by atoms with Crippen LogP contribution in [0.4, 0.5) is 0 Å². The molecule has 0 heterocycles. The normalized spacial score (nSPS) is 14.0. The van der Waals surface area contributed by atoms with Gasteiger partial charge < -0.3 is 5.11 Å². The van der Waals surface area contributed by atoms with Gasteiger partial charge in [0, 0.05) is 6.54 Å². The zero-order chi connectivity index (χ0) is 10.5. The van der Waals surface area contributed by atoms with E-state index < -0.39 is 21.9 Å². The van der Waals surface area contributed by atoms with Gasteiger partial charge in [0.05, 0.1) is 11.7 Å². The smallest absolute Gasteiger partial charge is 0.307 e. The molecule has 0 radical (unpaired) electrons. The largest absolute Gasteiger partial charge is 0.481 e. The molecule has 2 N–H and O–H groups in total. The van der Waals surface area contributed by atoms with Crippen molar-refractivity contribution in [3.63, 3.8) is 0 Å². The van der Waals surface area contributed by atoms with Gasteiger partial charge in [-0.3, -0.25) is 4.79 Å². The molecule has 1 atom stereocenters. The molecule has 0 spiro atoms. The highest BCUT2D eigenvalue weighted by Gasteiger charge is 2.17. The Bertz CT molecular complexity index is 260. The van der Waals surface area contributed by atoms with Crippen molar-refractivity contribution < 1.29 is 18.3 Å². The molecular weight excluding hydrogens is 194 g/mol. The predicted octanol–water partition coefficient (Wildman–Crippen LogP) is 0.0365. The Hall–Kier alpha value is -0.620. The van der Waals surface area contributed by atoms with Crippen LogP contribution in [0.15, 0.2) is 0 Å². The number of nitrogens with one attached hydrogen (secondary N) is 1. The third kappa shape index (κ3) is 4.84. The summed E-state index contributed by atoms with van der Waals surface area (Å²) >= 11 is 0. The SMILES string of the molecule is CCC(CNS(=O)(=O)CC)C(=O)O. The fraction of sp³-hybridized carbons (Fsp3) is 0.857. The van der Waals surface area contributed by atoms with Gasteiger partial charge in [-0.2, -0.15) is 0 Å². The van der Waals surface area contributed by atoms with Gasteiger partial charge in [-0.1, -0.05) is 6.92 Å². The molecule has 0 aromatic heterocycles. The number of carbonyl (C=O) groups is 1. The Kier molecular flexibility index (Phi) is 4.94. The first-order valence-corrected chi connectivity index (χ1v) is 5.78. The summed E-state index contributed by atoms with van der Waals surface area (Å²) in [5, 5.41) is 8.61. The summed E-state index contributed by atoms with van der Waals surface area (Å²) in [7, 11) is -3.27. The highest BCUT2D eigenvalue weighted by molar-refractivity contribution is 7.89. The molecule has 0 rings (SSSR count). The van der Waals surface area contributed by atoms with E-state index in [1.165, 1.54) is 6.92 Å². The van der Waals surface area contributed by atoms with E-state index in [0.29, 0.717) is 6.42 Å². The summed E-state index contributed by atoms with van der Waals surface area (Å²) in [6, 6.07) is 0. The Morgan fingerprint density at radius 3 is 2.31 bits per heavy atom. The van der Waals surface area contributed by atoms with Gasteiger partial charge in [-0.15, -0.1) is 0 Å². The van der Waals surface area contributed by atoms with Crippen LogP contribution in [0.2, 0.25) is 0 Å². The second kappa shape index (κ2) is 5.18. The monoisotopic (exact) mass is 209 g/mol. The quantitative estimate of drug-likeness (QED) is 0.646. The van der Waals surface area contributed by atoms with E-state index in [0.717, 1.165) is 0 Å². The number of aliphatic carboxylic acids is 1. The van der Waals surface area contributed by atoms with Crippen LogP contribution in [-0.2, 0) is 14.8 Å². The second-order valence-electron chi connectivity index (χ2n) is 2.70. The third-order valence-corrected chi connectivity index (χ3v) is 3.14. The molecule has 5 nitrogen and oxygen atoms in total. The Labute approximate surface area is 78.2 Å². The lowest BCUT2D eigenvalue weighted by Gasteiger charge is -2.10. The van der Waals surface area contributed by atoms with Gasteiger partial charge in [0.15, 0.2) is 0 Å². The lowest BCUT2D eigenvalue weighted by molar-refractivity contribution is -0.141. The van der Waals surface area contributed by atoms with E-state index >= 15 is 0 Å². The minimum Gasteiger partial charge on any atom is -0.481 e. The summed E-state index contributed by atoms with van der Waals surface area (Å²) < 4.78 is 24.1. The van der Waals surface area contributed by atoms with Gasteiger partial charge in [-0.25, -0.2) is 13.1 Å². The molecule has 6 heteroatoms. The van der Waals surface area contributed by atoms with E-state index in [2.05, 4.69) is 4.72 Å². The zero-order valence-electron chi connectivity index (χ0n) is 7.78. The molecule has 0 aliphatic rings. The first-order chi connectivity index (χ1) is 5.93. The van der Waals surface area contributed by atoms with Crippen LogP contribution in [0.1, 0.15) is 20.3 Å². The molecule has 78 valence electrons. The number of carboxylic acid groups (broad SMARTS) is 1. The summed E-state index contributed by atoms with van der Waals surface area (Å²) in [6.07, 6.45) is 0.418. The molecule has 0 bridgehead atoms. The third-order valence-electron chi connectivity index (χ3n) is 1.77. The van der Waals surface area contributed by atoms with Gasteiger partial charge in [0.25, 0.3) is 0 Å². The molecule has 0 amide bonds. The van der Waals surface area contributed by atoms with Crippen molar-refractivity contribution in [3.05, 3.63) is 0 Å². The van der Waals surface area contributed by atoms with Gasteiger partial charge in [0.2, 0.25) is 10.0 Å². The molecule has 0 saturated carbocycles. The Morgan fingerprint density at radius 2 is 2.00 bits per heavy atom. The van der Waals surface area contributed by atoms with E-state index in [9.17, 15) is 13.2 Å². The maximum atomic E-state index is 10.9. The Balaban J connectivity index is 4.07. The Morgan fingerprint density at radius 1 is 1.46 bits per heavy atom. The summed E-state index contributed by atoms with van der Waals surface area (Å²) in [5.41, 5.74) is 0. The molecule has 0 aliphatic carbocycles. The fourth-order valence-corrected chi connectivity index (χ4v) is 1.40. The van der Waals surface area contributed by atoms with Crippen molar-refractivity contribution in [2.45, 2.75) is 20.3 Å². The lowest BCUT2D eigenvalue weighted by Crippen LogP contribution is -2.33. The van der Waals surface area contributed by atoms with E-state index in [4.69, 9.17) is 5.11 Å². The van der Waals surface area contributed by atoms with Crippen LogP contribution in [0.25, 0.3) is 0 Å². The number of hydrogen-bond acceptors (Lipinski definition) is 3. The van der Waals surface area contributed by atoms with Crippen LogP contribution in [0, 0.1) is 5.92 Å². The van der Waals surface area contributed by atoms with Crippen molar-refractivity contribution >= 4 is 16.0 Å². The average Bonchev–Trinajstić information content (AvgIpc) is 2.05. The minimum atomic E-state index is -3.27. The topological polar surface area (TPSA) is 83.5 Å². The highest BCUT2D eigenvalue weighted by Crippen LogP contribution is 2.01. The first-order valence-electron chi connectivity index (χ1n) is 4.13. The molecule has 0 aliphatic heterocycles. The van der Waals surface area contributed by atoms with Crippen molar-refractivity contribution in [2.75, 3.05) is 12.3 Å². The lowest BCUT2D eigenvalue weighted by atomic mass is 10.1.